The van der Waals surface area contributed by atoms with Crippen molar-refractivity contribution in [2.75, 3.05) is 0 Å². The quantitative estimate of drug-likeness (QED) is 0.797. The van der Waals surface area contributed by atoms with E-state index in [-0.39, 0.29) is 0 Å². The summed E-state index contributed by atoms with van der Waals surface area (Å²) in [5.74, 6) is 0. The zero-order valence-corrected chi connectivity index (χ0v) is 10.8. The van der Waals surface area contributed by atoms with E-state index in [1.807, 2.05) is 38.1 Å². The van der Waals surface area contributed by atoms with Crippen LogP contribution in [0.15, 0.2) is 49.8 Å². The van der Waals surface area contributed by atoms with E-state index in [0.717, 1.165) is 33.7 Å². The van der Waals surface area contributed by atoms with Gasteiger partial charge in [0.1, 0.15) is 0 Å². The van der Waals surface area contributed by atoms with Gasteiger partial charge in [0, 0.05) is 12.4 Å². The summed E-state index contributed by atoms with van der Waals surface area (Å²) < 4.78 is 0. The smallest absolute Gasteiger partial charge is 0.0892 e. The van der Waals surface area contributed by atoms with Crippen LogP contribution in [0, 0.1) is 0 Å². The summed E-state index contributed by atoms with van der Waals surface area (Å²) in [4.78, 5) is 8.72. The van der Waals surface area contributed by atoms with Gasteiger partial charge in [-0.2, -0.15) is 0 Å². The molecule has 0 saturated heterocycles. The first kappa shape index (κ1) is 12.2. The van der Waals surface area contributed by atoms with Crippen LogP contribution >= 0.6 is 0 Å². The molecule has 0 aliphatic rings. The number of rotatable bonds is 3. The molecule has 0 spiro atoms. The van der Waals surface area contributed by atoms with Gasteiger partial charge < -0.3 is 0 Å². The van der Waals surface area contributed by atoms with Crippen LogP contribution in [0.4, 0.5) is 0 Å². The van der Waals surface area contributed by atoms with E-state index in [2.05, 4.69) is 23.1 Å². The van der Waals surface area contributed by atoms with Gasteiger partial charge >= 0.3 is 0 Å². The average molecular weight is 236 g/mol. The Morgan fingerprint density at radius 2 is 1.22 bits per heavy atom. The molecule has 0 fully saturated rings. The Bertz CT molecular complexity index is 556. The van der Waals surface area contributed by atoms with Crippen molar-refractivity contribution in [3.8, 4) is 11.4 Å². The second-order valence-corrected chi connectivity index (χ2v) is 4.42. The summed E-state index contributed by atoms with van der Waals surface area (Å²) >= 11 is 0. The van der Waals surface area contributed by atoms with Crippen molar-refractivity contribution in [1.82, 2.24) is 9.97 Å². The molecule has 18 heavy (non-hydrogen) atoms. The molecular formula is C16H16N2. The van der Waals surface area contributed by atoms with Crippen molar-refractivity contribution in [1.29, 1.82) is 0 Å². The minimum Gasteiger partial charge on any atom is -0.255 e. The summed E-state index contributed by atoms with van der Waals surface area (Å²) in [6.07, 6.45) is 3.57. The van der Waals surface area contributed by atoms with Gasteiger partial charge in [-0.15, -0.1) is 0 Å². The predicted molar refractivity (Wildman–Crippen MR) is 76.9 cm³/mol. The van der Waals surface area contributed by atoms with E-state index >= 15 is 0 Å². The van der Waals surface area contributed by atoms with Gasteiger partial charge in [-0.05, 0) is 49.2 Å². The molecule has 0 amide bonds. The molecule has 2 aromatic rings. The Kier molecular flexibility index (Phi) is 3.38. The van der Waals surface area contributed by atoms with E-state index in [9.17, 15) is 0 Å². The van der Waals surface area contributed by atoms with E-state index in [0.29, 0.717) is 0 Å². The maximum Gasteiger partial charge on any atom is 0.0892 e. The second kappa shape index (κ2) is 4.96. The standard InChI is InChI=1S/C16H16N2/c1-11(2)13-5-7-17-15(9-13)16-10-14(12(3)4)6-8-18-16/h5-10H,1,3H2,2,4H3. The molecule has 0 radical (unpaired) electrons. The highest BCUT2D eigenvalue weighted by molar-refractivity contribution is 5.69. The number of nitrogens with zero attached hydrogens (tertiary/aromatic N) is 2. The van der Waals surface area contributed by atoms with Crippen molar-refractivity contribution < 1.29 is 0 Å². The monoisotopic (exact) mass is 236 g/mol. The number of allylic oxidation sites excluding steroid dienone is 2. The van der Waals surface area contributed by atoms with E-state index in [1.165, 1.54) is 0 Å². The van der Waals surface area contributed by atoms with Crippen molar-refractivity contribution in [2.24, 2.45) is 0 Å². The minimum atomic E-state index is 0.860. The molecule has 2 rings (SSSR count). The zero-order valence-electron chi connectivity index (χ0n) is 10.8. The highest BCUT2D eigenvalue weighted by Gasteiger charge is 2.04. The Hall–Kier alpha value is -2.22. The van der Waals surface area contributed by atoms with Gasteiger partial charge in [0.25, 0.3) is 0 Å². The molecule has 90 valence electrons. The molecule has 2 nitrogen and oxygen atoms in total. The molecular weight excluding hydrogens is 220 g/mol. The first-order chi connectivity index (χ1) is 8.58. The molecule has 0 saturated carbocycles. The van der Waals surface area contributed by atoms with Crippen LogP contribution in [-0.2, 0) is 0 Å². The number of hydrogen-bond acceptors (Lipinski definition) is 2. The van der Waals surface area contributed by atoms with Gasteiger partial charge in [0.05, 0.1) is 11.4 Å². The topological polar surface area (TPSA) is 25.8 Å². The summed E-state index contributed by atoms with van der Waals surface area (Å²) in [6.45, 7) is 11.9. The third-order valence-corrected chi connectivity index (χ3v) is 2.77. The van der Waals surface area contributed by atoms with Gasteiger partial charge in [-0.25, -0.2) is 0 Å². The van der Waals surface area contributed by atoms with Gasteiger partial charge in [-0.1, -0.05) is 24.3 Å². The van der Waals surface area contributed by atoms with Crippen molar-refractivity contribution in [3.05, 3.63) is 60.9 Å². The predicted octanol–water partition coefficient (Wildman–Crippen LogP) is 4.21. The molecule has 0 N–H and O–H groups in total. The lowest BCUT2D eigenvalue weighted by atomic mass is 10.1. The Balaban J connectivity index is 2.48. The Morgan fingerprint density at radius 1 is 0.833 bits per heavy atom. The van der Waals surface area contributed by atoms with E-state index in [4.69, 9.17) is 0 Å². The summed E-state index contributed by atoms with van der Waals surface area (Å²) in [5, 5.41) is 0. The maximum atomic E-state index is 4.36. The molecule has 0 aliphatic heterocycles. The van der Waals surface area contributed by atoms with Crippen molar-refractivity contribution >= 4 is 11.1 Å². The van der Waals surface area contributed by atoms with Crippen LogP contribution in [0.2, 0.25) is 0 Å². The molecule has 0 aromatic carbocycles. The summed E-state index contributed by atoms with van der Waals surface area (Å²) in [6, 6.07) is 7.92. The first-order valence-corrected chi connectivity index (χ1v) is 5.82. The fraction of sp³-hybridized carbons (Fsp3) is 0.125. The molecule has 0 unspecified atom stereocenters. The van der Waals surface area contributed by atoms with Gasteiger partial charge in [0.15, 0.2) is 0 Å². The van der Waals surface area contributed by atoms with Crippen molar-refractivity contribution in [3.63, 3.8) is 0 Å². The van der Waals surface area contributed by atoms with E-state index < -0.39 is 0 Å². The average Bonchev–Trinajstić information content (AvgIpc) is 2.39. The fourth-order valence-electron chi connectivity index (χ4n) is 1.67. The molecule has 0 atom stereocenters. The molecule has 2 heterocycles. The lowest BCUT2D eigenvalue weighted by Crippen LogP contribution is -1.90. The summed E-state index contributed by atoms with van der Waals surface area (Å²) in [7, 11) is 0. The fourth-order valence-corrected chi connectivity index (χ4v) is 1.67. The van der Waals surface area contributed by atoms with Crippen molar-refractivity contribution in [2.45, 2.75) is 13.8 Å². The third-order valence-electron chi connectivity index (χ3n) is 2.77. The largest absolute Gasteiger partial charge is 0.255 e. The molecule has 0 bridgehead atoms. The second-order valence-electron chi connectivity index (χ2n) is 4.42. The lowest BCUT2D eigenvalue weighted by molar-refractivity contribution is 1.23. The van der Waals surface area contributed by atoms with Gasteiger partial charge in [-0.3, -0.25) is 9.97 Å². The normalized spacial score (nSPS) is 10.1. The number of hydrogen-bond donors (Lipinski definition) is 0. The highest BCUT2D eigenvalue weighted by atomic mass is 14.8. The van der Waals surface area contributed by atoms with E-state index in [1.54, 1.807) is 12.4 Å². The van der Waals surface area contributed by atoms with Crippen LogP contribution in [-0.4, -0.2) is 9.97 Å². The van der Waals surface area contributed by atoms with Crippen LogP contribution in [0.3, 0.4) is 0 Å². The maximum absolute atomic E-state index is 4.36. The summed E-state index contributed by atoms with van der Waals surface area (Å²) in [5.41, 5.74) is 5.94. The molecule has 2 heteroatoms. The molecule has 2 aromatic heterocycles. The Morgan fingerprint density at radius 3 is 1.56 bits per heavy atom. The first-order valence-electron chi connectivity index (χ1n) is 5.82. The van der Waals surface area contributed by atoms with Crippen LogP contribution < -0.4 is 0 Å². The Labute approximate surface area is 108 Å². The third kappa shape index (κ3) is 2.54. The lowest BCUT2D eigenvalue weighted by Gasteiger charge is -2.05. The van der Waals surface area contributed by atoms with Gasteiger partial charge in [0.2, 0.25) is 0 Å². The van der Waals surface area contributed by atoms with Crippen LogP contribution in [0.1, 0.15) is 25.0 Å². The minimum absolute atomic E-state index is 0.860. The van der Waals surface area contributed by atoms with Crippen LogP contribution in [0.25, 0.3) is 22.5 Å². The number of aromatic nitrogens is 2. The highest BCUT2D eigenvalue weighted by Crippen LogP contribution is 2.21. The van der Waals surface area contributed by atoms with Crippen LogP contribution in [0.5, 0.6) is 0 Å². The zero-order chi connectivity index (χ0) is 13.1. The SMILES string of the molecule is C=C(C)c1ccnc(-c2cc(C(=C)C)ccn2)c1. The molecule has 0 aliphatic carbocycles. The number of pyridine rings is 2.